The minimum atomic E-state index is 0.752. The van der Waals surface area contributed by atoms with Gasteiger partial charge in [-0.1, -0.05) is 51.9 Å². The quantitative estimate of drug-likeness (QED) is 0.598. The summed E-state index contributed by atoms with van der Waals surface area (Å²) in [5.74, 6) is 1.98. The van der Waals surface area contributed by atoms with Crippen LogP contribution in [0.3, 0.4) is 0 Å². The molecule has 1 fully saturated rings. The zero-order valence-corrected chi connectivity index (χ0v) is 9.47. The molecular weight excluding hydrogens is 170 g/mol. The van der Waals surface area contributed by atoms with Crippen LogP contribution in [0.5, 0.6) is 0 Å². The first-order valence-electron chi connectivity index (χ1n) is 6.20. The zero-order valence-electron chi connectivity index (χ0n) is 9.47. The first-order valence-corrected chi connectivity index (χ1v) is 6.20. The highest BCUT2D eigenvalue weighted by atomic mass is 14.2. The maximum Gasteiger partial charge on any atom is 0.0621 e. The van der Waals surface area contributed by atoms with Crippen molar-refractivity contribution in [3.8, 4) is 6.07 Å². The van der Waals surface area contributed by atoms with E-state index in [2.05, 4.69) is 13.0 Å². The molecule has 0 aromatic rings. The second-order valence-electron chi connectivity index (χ2n) is 4.88. The van der Waals surface area contributed by atoms with Crippen molar-refractivity contribution in [1.82, 2.24) is 0 Å². The van der Waals surface area contributed by atoms with Crippen molar-refractivity contribution in [3.05, 3.63) is 0 Å². The van der Waals surface area contributed by atoms with Crippen molar-refractivity contribution in [2.24, 2.45) is 11.8 Å². The lowest BCUT2D eigenvalue weighted by atomic mass is 9.80. The van der Waals surface area contributed by atoms with E-state index >= 15 is 0 Å². The fourth-order valence-electron chi connectivity index (χ4n) is 2.43. The van der Waals surface area contributed by atoms with Crippen LogP contribution in [0.25, 0.3) is 0 Å². The van der Waals surface area contributed by atoms with Crippen LogP contribution in [0.4, 0.5) is 0 Å². The average Bonchev–Trinajstić information content (AvgIpc) is 2.21. The Morgan fingerprint density at radius 3 is 2.43 bits per heavy atom. The van der Waals surface area contributed by atoms with E-state index in [1.807, 2.05) is 0 Å². The Morgan fingerprint density at radius 2 is 1.79 bits per heavy atom. The lowest BCUT2D eigenvalue weighted by molar-refractivity contribution is 0.272. The predicted molar refractivity (Wildman–Crippen MR) is 59.8 cm³/mol. The Labute approximate surface area is 88.5 Å². The molecule has 0 atom stereocenters. The first-order chi connectivity index (χ1) is 6.83. The number of hydrogen-bond donors (Lipinski definition) is 0. The van der Waals surface area contributed by atoms with Gasteiger partial charge < -0.3 is 0 Å². The molecule has 1 heteroatoms. The van der Waals surface area contributed by atoms with E-state index in [9.17, 15) is 0 Å². The Bertz CT molecular complexity index is 172. The minimum absolute atomic E-state index is 0.752. The van der Waals surface area contributed by atoms with E-state index in [-0.39, 0.29) is 0 Å². The van der Waals surface area contributed by atoms with Gasteiger partial charge in [0.15, 0.2) is 0 Å². The number of nitrogens with zero attached hydrogens (tertiary/aromatic N) is 1. The van der Waals surface area contributed by atoms with E-state index in [1.54, 1.807) is 0 Å². The topological polar surface area (TPSA) is 23.8 Å². The van der Waals surface area contributed by atoms with Crippen LogP contribution in [-0.2, 0) is 0 Å². The molecule has 0 heterocycles. The molecule has 1 nitrogen and oxygen atoms in total. The predicted octanol–water partition coefficient (Wildman–Crippen LogP) is 4.29. The Hall–Kier alpha value is -0.510. The molecule has 1 rings (SSSR count). The zero-order chi connectivity index (χ0) is 10.2. The SMILES string of the molecule is CC1CCC(CCCCCC#N)CC1. The second kappa shape index (κ2) is 6.87. The van der Waals surface area contributed by atoms with Crippen LogP contribution in [0.2, 0.25) is 0 Å². The van der Waals surface area contributed by atoms with Crippen molar-refractivity contribution in [2.75, 3.05) is 0 Å². The van der Waals surface area contributed by atoms with Crippen LogP contribution in [0.1, 0.15) is 64.7 Å². The third-order valence-corrected chi connectivity index (χ3v) is 3.54. The highest BCUT2D eigenvalue weighted by molar-refractivity contribution is 4.71. The van der Waals surface area contributed by atoms with Crippen LogP contribution in [0.15, 0.2) is 0 Å². The van der Waals surface area contributed by atoms with Gasteiger partial charge in [-0.05, 0) is 18.3 Å². The van der Waals surface area contributed by atoms with E-state index in [0.717, 1.165) is 24.7 Å². The summed E-state index contributed by atoms with van der Waals surface area (Å²) in [5.41, 5.74) is 0. The molecule has 0 unspecified atom stereocenters. The van der Waals surface area contributed by atoms with Crippen molar-refractivity contribution >= 4 is 0 Å². The van der Waals surface area contributed by atoms with Crippen LogP contribution in [-0.4, -0.2) is 0 Å². The molecule has 1 saturated carbocycles. The minimum Gasteiger partial charge on any atom is -0.198 e. The summed E-state index contributed by atoms with van der Waals surface area (Å²) in [6, 6.07) is 2.21. The normalized spacial score (nSPS) is 27.1. The maximum atomic E-state index is 8.39. The fourth-order valence-corrected chi connectivity index (χ4v) is 2.43. The molecule has 0 aliphatic heterocycles. The highest BCUT2D eigenvalue weighted by Gasteiger charge is 2.17. The van der Waals surface area contributed by atoms with Gasteiger partial charge in [0.05, 0.1) is 6.07 Å². The van der Waals surface area contributed by atoms with E-state index in [4.69, 9.17) is 5.26 Å². The van der Waals surface area contributed by atoms with Crippen LogP contribution >= 0.6 is 0 Å². The summed E-state index contributed by atoms with van der Waals surface area (Å²) in [5, 5.41) is 8.39. The molecule has 0 spiro atoms. The van der Waals surface area contributed by atoms with Gasteiger partial charge in [0, 0.05) is 6.42 Å². The summed E-state index contributed by atoms with van der Waals surface area (Å²) < 4.78 is 0. The monoisotopic (exact) mass is 193 g/mol. The third-order valence-electron chi connectivity index (χ3n) is 3.54. The maximum absolute atomic E-state index is 8.39. The molecule has 80 valence electrons. The lowest BCUT2D eigenvalue weighted by Crippen LogP contribution is -2.12. The smallest absolute Gasteiger partial charge is 0.0621 e. The molecule has 0 amide bonds. The number of rotatable bonds is 5. The van der Waals surface area contributed by atoms with Gasteiger partial charge in [-0.3, -0.25) is 0 Å². The molecule has 14 heavy (non-hydrogen) atoms. The average molecular weight is 193 g/mol. The van der Waals surface area contributed by atoms with Gasteiger partial charge in [-0.25, -0.2) is 0 Å². The van der Waals surface area contributed by atoms with Crippen molar-refractivity contribution in [2.45, 2.75) is 64.7 Å². The van der Waals surface area contributed by atoms with Crippen LogP contribution < -0.4 is 0 Å². The third kappa shape index (κ3) is 4.65. The molecule has 0 aromatic heterocycles. The molecule has 0 bridgehead atoms. The highest BCUT2D eigenvalue weighted by Crippen LogP contribution is 2.31. The van der Waals surface area contributed by atoms with E-state index in [1.165, 1.54) is 44.9 Å². The fraction of sp³-hybridized carbons (Fsp3) is 0.923. The second-order valence-corrected chi connectivity index (χ2v) is 4.88. The molecular formula is C13H23N. The molecule has 0 aromatic carbocycles. The lowest BCUT2D eigenvalue weighted by Gasteiger charge is -2.25. The van der Waals surface area contributed by atoms with E-state index < -0.39 is 0 Å². The summed E-state index contributed by atoms with van der Waals surface area (Å²) >= 11 is 0. The van der Waals surface area contributed by atoms with Gasteiger partial charge in [-0.2, -0.15) is 5.26 Å². The summed E-state index contributed by atoms with van der Waals surface area (Å²) in [7, 11) is 0. The standard InChI is InChI=1S/C13H23N/c1-12-7-9-13(10-8-12)6-4-2-3-5-11-14/h12-13H,2-10H2,1H3. The van der Waals surface area contributed by atoms with Crippen molar-refractivity contribution in [3.63, 3.8) is 0 Å². The van der Waals surface area contributed by atoms with Gasteiger partial charge in [-0.15, -0.1) is 0 Å². The van der Waals surface area contributed by atoms with Gasteiger partial charge in [0.2, 0.25) is 0 Å². The molecule has 1 aliphatic carbocycles. The summed E-state index contributed by atoms with van der Waals surface area (Å²) in [6.07, 6.45) is 11.7. The number of unbranched alkanes of at least 4 members (excludes halogenated alkanes) is 3. The van der Waals surface area contributed by atoms with E-state index in [0.29, 0.717) is 0 Å². The Kier molecular flexibility index (Phi) is 5.68. The summed E-state index contributed by atoms with van der Waals surface area (Å²) in [4.78, 5) is 0. The molecule has 0 saturated heterocycles. The summed E-state index contributed by atoms with van der Waals surface area (Å²) in [6.45, 7) is 2.38. The molecule has 0 radical (unpaired) electrons. The van der Waals surface area contributed by atoms with Crippen LogP contribution in [0, 0.1) is 23.2 Å². The number of nitriles is 1. The Morgan fingerprint density at radius 1 is 1.07 bits per heavy atom. The Balaban J connectivity index is 1.94. The van der Waals surface area contributed by atoms with Gasteiger partial charge >= 0.3 is 0 Å². The van der Waals surface area contributed by atoms with Crippen molar-refractivity contribution < 1.29 is 0 Å². The largest absolute Gasteiger partial charge is 0.198 e. The number of hydrogen-bond acceptors (Lipinski definition) is 1. The molecule has 1 aliphatic rings. The molecule has 0 N–H and O–H groups in total. The van der Waals surface area contributed by atoms with Gasteiger partial charge in [0.25, 0.3) is 0 Å². The van der Waals surface area contributed by atoms with Gasteiger partial charge in [0.1, 0.15) is 0 Å². The van der Waals surface area contributed by atoms with Crippen molar-refractivity contribution in [1.29, 1.82) is 5.26 Å². The first kappa shape index (κ1) is 11.6.